The highest BCUT2D eigenvalue weighted by Gasteiger charge is 2.30. The minimum Gasteiger partial charge on any atom is -0.494 e. The summed E-state index contributed by atoms with van der Waals surface area (Å²) in [5, 5.41) is 8.59. The number of nitrogens with zero attached hydrogens (tertiary/aromatic N) is 3. The summed E-state index contributed by atoms with van der Waals surface area (Å²) in [4.78, 5) is 14.6. The van der Waals surface area contributed by atoms with Gasteiger partial charge >= 0.3 is 0 Å². The number of fused-ring (bicyclic) bond motifs is 1. The quantitative estimate of drug-likeness (QED) is 0.465. The van der Waals surface area contributed by atoms with Crippen molar-refractivity contribution >= 4 is 17.5 Å². The molecule has 178 valence electrons. The average molecular weight is 483 g/mol. The summed E-state index contributed by atoms with van der Waals surface area (Å²) < 4.78 is 18.0. The second-order valence-corrected chi connectivity index (χ2v) is 8.85. The molecule has 1 amide bonds. The molecule has 0 aliphatic carbocycles. The molecular formula is C25H27ClN4O4. The molecule has 2 aliphatic rings. The number of nitrogens with one attached hydrogen (secondary N) is 1. The fourth-order valence-corrected chi connectivity index (χ4v) is 4.71. The van der Waals surface area contributed by atoms with Crippen LogP contribution in [0.5, 0.6) is 17.2 Å². The van der Waals surface area contributed by atoms with Crippen LogP contribution in [0.3, 0.4) is 0 Å². The number of carbonyl (C=O) groups excluding carboxylic acids is 1. The second kappa shape index (κ2) is 9.95. The van der Waals surface area contributed by atoms with Crippen LogP contribution in [0.4, 0.5) is 0 Å². The molecule has 8 nitrogen and oxygen atoms in total. The Balaban J connectivity index is 1.17. The Kier molecular flexibility index (Phi) is 6.60. The number of hydrogen-bond acceptors (Lipinski definition) is 6. The van der Waals surface area contributed by atoms with E-state index in [9.17, 15) is 4.79 Å². The molecule has 1 aromatic heterocycles. The Morgan fingerprint density at radius 2 is 2.06 bits per heavy atom. The highest BCUT2D eigenvalue weighted by molar-refractivity contribution is 6.31. The zero-order valence-corrected chi connectivity index (χ0v) is 19.8. The number of rotatable bonds is 9. The topological polar surface area (TPSA) is 77.9 Å². The van der Waals surface area contributed by atoms with Crippen LogP contribution in [0.15, 0.2) is 48.8 Å². The molecule has 0 bridgehead atoms. The smallest absolute Gasteiger partial charge is 0.231 e. The predicted molar refractivity (Wildman–Crippen MR) is 128 cm³/mol. The Bertz CT molecular complexity index is 1180. The molecule has 1 atom stereocenters. The monoisotopic (exact) mass is 482 g/mol. The van der Waals surface area contributed by atoms with Crippen LogP contribution in [0, 0.1) is 0 Å². The van der Waals surface area contributed by atoms with Crippen LogP contribution in [0.2, 0.25) is 5.02 Å². The third-order valence-corrected chi connectivity index (χ3v) is 6.64. The summed E-state index contributed by atoms with van der Waals surface area (Å²) in [6, 6.07) is 11.6. The van der Waals surface area contributed by atoms with Crippen molar-refractivity contribution in [2.24, 2.45) is 0 Å². The molecule has 1 unspecified atom stereocenters. The highest BCUT2D eigenvalue weighted by Crippen LogP contribution is 2.36. The van der Waals surface area contributed by atoms with Crippen molar-refractivity contribution in [1.29, 1.82) is 0 Å². The van der Waals surface area contributed by atoms with Gasteiger partial charge in [0.1, 0.15) is 11.4 Å². The van der Waals surface area contributed by atoms with E-state index in [1.54, 1.807) is 17.9 Å². The van der Waals surface area contributed by atoms with E-state index in [1.807, 2.05) is 47.6 Å². The summed E-state index contributed by atoms with van der Waals surface area (Å²) in [7, 11) is 1.64. The first kappa shape index (κ1) is 22.6. The predicted octanol–water partition coefficient (Wildman–Crippen LogP) is 3.93. The van der Waals surface area contributed by atoms with Crippen molar-refractivity contribution in [3.05, 3.63) is 64.9 Å². The molecule has 0 saturated carbocycles. The van der Waals surface area contributed by atoms with Gasteiger partial charge in [0.15, 0.2) is 11.5 Å². The molecule has 1 saturated heterocycles. The SMILES string of the molecule is COc1ccccc1-n1cc(CN2C(=O)CCC2CCNCc2cc3c(cc2Cl)OCO3)cn1. The first-order valence-electron chi connectivity index (χ1n) is 11.4. The second-order valence-electron chi connectivity index (χ2n) is 8.44. The van der Waals surface area contributed by atoms with E-state index in [-0.39, 0.29) is 18.7 Å². The minimum absolute atomic E-state index is 0.189. The summed E-state index contributed by atoms with van der Waals surface area (Å²) in [6.07, 6.45) is 6.09. The Morgan fingerprint density at radius 3 is 2.91 bits per heavy atom. The van der Waals surface area contributed by atoms with Gasteiger partial charge in [-0.3, -0.25) is 4.79 Å². The number of ether oxygens (including phenoxy) is 3. The zero-order chi connectivity index (χ0) is 23.5. The molecule has 1 N–H and O–H groups in total. The summed E-state index contributed by atoms with van der Waals surface area (Å²) in [6.45, 7) is 2.18. The van der Waals surface area contributed by atoms with Crippen molar-refractivity contribution < 1.29 is 19.0 Å². The van der Waals surface area contributed by atoms with E-state index in [0.717, 1.165) is 47.7 Å². The standard InChI is InChI=1S/C25H27ClN4O4/c1-32-22-5-3-2-4-21(22)30-15-17(12-28-30)14-29-19(6-7-25(29)31)8-9-27-13-18-10-23-24(11-20(18)26)34-16-33-23/h2-5,10-12,15,19,27H,6-9,13-14,16H2,1H3. The van der Waals surface area contributed by atoms with Gasteiger partial charge in [0.2, 0.25) is 12.7 Å². The molecular weight excluding hydrogens is 456 g/mol. The van der Waals surface area contributed by atoms with Gasteiger partial charge in [-0.25, -0.2) is 4.68 Å². The van der Waals surface area contributed by atoms with Crippen LogP contribution in [0.1, 0.15) is 30.4 Å². The van der Waals surface area contributed by atoms with E-state index in [4.69, 9.17) is 25.8 Å². The number of likely N-dealkylation sites (tertiary alicyclic amines) is 1. The molecule has 0 radical (unpaired) electrons. The van der Waals surface area contributed by atoms with Gasteiger partial charge < -0.3 is 24.4 Å². The minimum atomic E-state index is 0.189. The van der Waals surface area contributed by atoms with E-state index in [1.165, 1.54) is 0 Å². The van der Waals surface area contributed by atoms with Crippen LogP contribution >= 0.6 is 11.6 Å². The van der Waals surface area contributed by atoms with Crippen molar-refractivity contribution in [2.75, 3.05) is 20.4 Å². The van der Waals surface area contributed by atoms with Crippen LogP contribution in [-0.4, -0.2) is 47.1 Å². The lowest BCUT2D eigenvalue weighted by Gasteiger charge is -2.24. The Labute approximate surface area is 203 Å². The zero-order valence-electron chi connectivity index (χ0n) is 19.0. The maximum absolute atomic E-state index is 12.6. The number of methoxy groups -OCH3 is 1. The van der Waals surface area contributed by atoms with E-state index in [2.05, 4.69) is 10.4 Å². The summed E-state index contributed by atoms with van der Waals surface area (Å²) >= 11 is 6.37. The molecule has 34 heavy (non-hydrogen) atoms. The van der Waals surface area contributed by atoms with Crippen molar-refractivity contribution in [3.63, 3.8) is 0 Å². The number of hydrogen-bond donors (Lipinski definition) is 1. The molecule has 1 fully saturated rings. The lowest BCUT2D eigenvalue weighted by molar-refractivity contribution is -0.129. The largest absolute Gasteiger partial charge is 0.494 e. The molecule has 3 heterocycles. The maximum atomic E-state index is 12.6. The highest BCUT2D eigenvalue weighted by atomic mass is 35.5. The molecule has 2 aromatic carbocycles. The number of carbonyl (C=O) groups is 1. The van der Waals surface area contributed by atoms with Crippen LogP contribution in [0.25, 0.3) is 5.69 Å². The fourth-order valence-electron chi connectivity index (χ4n) is 4.49. The number of para-hydroxylation sites is 2. The molecule has 5 rings (SSSR count). The number of halogens is 1. The van der Waals surface area contributed by atoms with Crippen molar-refractivity contribution in [1.82, 2.24) is 20.0 Å². The van der Waals surface area contributed by atoms with Crippen LogP contribution in [-0.2, 0) is 17.9 Å². The third-order valence-electron chi connectivity index (χ3n) is 6.28. The normalized spacial score (nSPS) is 16.9. The maximum Gasteiger partial charge on any atom is 0.231 e. The van der Waals surface area contributed by atoms with Gasteiger partial charge in [0, 0.05) is 48.4 Å². The van der Waals surface area contributed by atoms with Crippen molar-refractivity contribution in [2.45, 2.75) is 38.4 Å². The molecule has 9 heteroatoms. The fraction of sp³-hybridized carbons (Fsp3) is 0.360. The first-order valence-corrected chi connectivity index (χ1v) is 11.8. The van der Waals surface area contributed by atoms with Gasteiger partial charge in [0.25, 0.3) is 0 Å². The van der Waals surface area contributed by atoms with Gasteiger partial charge in [-0.2, -0.15) is 5.10 Å². The van der Waals surface area contributed by atoms with Crippen LogP contribution < -0.4 is 19.5 Å². The van der Waals surface area contributed by atoms with E-state index < -0.39 is 0 Å². The lowest BCUT2D eigenvalue weighted by atomic mass is 10.1. The lowest BCUT2D eigenvalue weighted by Crippen LogP contribution is -2.34. The summed E-state index contributed by atoms with van der Waals surface area (Å²) in [5.74, 6) is 2.35. The Morgan fingerprint density at radius 1 is 1.24 bits per heavy atom. The number of aromatic nitrogens is 2. The number of benzene rings is 2. The number of amides is 1. The van der Waals surface area contributed by atoms with Gasteiger partial charge in [-0.1, -0.05) is 23.7 Å². The average Bonchev–Trinajstić information content (AvgIpc) is 3.58. The van der Waals surface area contributed by atoms with Gasteiger partial charge in [-0.05, 0) is 43.1 Å². The third kappa shape index (κ3) is 4.69. The Hall–Kier alpha value is -3.23. The summed E-state index contributed by atoms with van der Waals surface area (Å²) in [5.41, 5.74) is 2.83. The van der Waals surface area contributed by atoms with Gasteiger partial charge in [-0.15, -0.1) is 0 Å². The molecule has 3 aromatic rings. The molecule has 0 spiro atoms. The van der Waals surface area contributed by atoms with Gasteiger partial charge in [0.05, 0.1) is 13.3 Å². The first-order chi connectivity index (χ1) is 16.6. The van der Waals surface area contributed by atoms with E-state index in [0.29, 0.717) is 30.3 Å². The van der Waals surface area contributed by atoms with Crippen molar-refractivity contribution in [3.8, 4) is 22.9 Å². The van der Waals surface area contributed by atoms with E-state index >= 15 is 0 Å². The molecule has 2 aliphatic heterocycles.